The maximum Gasteiger partial charge on any atom is 0.342 e. The fourth-order valence-corrected chi connectivity index (χ4v) is 9.13. The first kappa shape index (κ1) is 44.4. The first-order chi connectivity index (χ1) is 28.9. The molecule has 60 heavy (non-hydrogen) atoms. The number of nitrogens with zero attached hydrogens (tertiary/aromatic N) is 5. The third-order valence-electron chi connectivity index (χ3n) is 10.4. The smallest absolute Gasteiger partial charge is 0.342 e. The number of aromatic nitrogens is 4. The van der Waals surface area contributed by atoms with Crippen LogP contribution in [0.4, 0.5) is 5.82 Å². The van der Waals surface area contributed by atoms with Gasteiger partial charge in [0, 0.05) is 6.54 Å². The molecule has 1 aliphatic carbocycles. The van der Waals surface area contributed by atoms with E-state index in [4.69, 9.17) is 24.5 Å². The lowest BCUT2D eigenvalue weighted by Gasteiger charge is -2.31. The highest BCUT2D eigenvalue weighted by Crippen LogP contribution is 2.44. The average molecular weight is 840 g/mol. The molecular formula is C45H58N7O7P. The van der Waals surface area contributed by atoms with Gasteiger partial charge in [-0.3, -0.25) is 19.1 Å². The highest BCUT2D eigenvalue weighted by atomic mass is 31.2. The zero-order chi connectivity index (χ0) is 42.5. The van der Waals surface area contributed by atoms with E-state index < -0.39 is 31.7 Å². The predicted octanol–water partition coefficient (Wildman–Crippen LogP) is 7.50. The van der Waals surface area contributed by atoms with Gasteiger partial charge in [-0.1, -0.05) is 72.8 Å². The van der Waals surface area contributed by atoms with Gasteiger partial charge in [0.05, 0.1) is 25.1 Å². The molecule has 14 nitrogen and oxygen atoms in total. The van der Waals surface area contributed by atoms with Crippen LogP contribution in [0.2, 0.25) is 0 Å². The Bertz CT molecular complexity index is 2170. The Kier molecular flexibility index (Phi) is 15.8. The number of ether oxygens (including phenoxy) is 3. The molecule has 0 bridgehead atoms. The number of anilines is 1. The molecular weight excluding hydrogens is 782 g/mol. The Morgan fingerprint density at radius 2 is 1.57 bits per heavy atom. The van der Waals surface area contributed by atoms with E-state index in [0.29, 0.717) is 43.0 Å². The Labute approximate surface area is 352 Å². The molecule has 3 N–H and O–H groups in total. The van der Waals surface area contributed by atoms with Crippen LogP contribution in [0, 0.1) is 0 Å². The number of esters is 2. The second-order valence-electron chi connectivity index (χ2n) is 15.8. The second-order valence-corrected chi connectivity index (χ2v) is 17.8. The number of fused-ring (bicyclic) bond motifs is 1. The van der Waals surface area contributed by atoms with Gasteiger partial charge in [0.1, 0.15) is 42.1 Å². The minimum Gasteiger partial charge on any atom is -0.462 e. The van der Waals surface area contributed by atoms with Crippen LogP contribution in [0.3, 0.4) is 0 Å². The summed E-state index contributed by atoms with van der Waals surface area (Å²) in [5.41, 5.74) is 10.2. The van der Waals surface area contributed by atoms with Crippen molar-refractivity contribution in [2.75, 3.05) is 18.6 Å². The van der Waals surface area contributed by atoms with E-state index in [1.807, 2.05) is 55.5 Å². The van der Waals surface area contributed by atoms with Gasteiger partial charge in [-0.25, -0.2) is 20.0 Å². The van der Waals surface area contributed by atoms with E-state index in [1.165, 1.54) is 11.9 Å². The minimum absolute atomic E-state index is 0.0717. The highest BCUT2D eigenvalue weighted by Gasteiger charge is 2.33. The quantitative estimate of drug-likeness (QED) is 0.0519. The lowest BCUT2D eigenvalue weighted by Crippen LogP contribution is -2.45. The van der Waals surface area contributed by atoms with Crippen LogP contribution in [0.25, 0.3) is 11.2 Å². The van der Waals surface area contributed by atoms with Gasteiger partial charge in [-0.05, 0) is 108 Å². The summed E-state index contributed by atoms with van der Waals surface area (Å²) in [6, 6.07) is 26.3. The van der Waals surface area contributed by atoms with Crippen LogP contribution in [-0.2, 0) is 54.3 Å². The van der Waals surface area contributed by atoms with Crippen molar-refractivity contribution in [1.29, 1.82) is 0 Å². The molecule has 3 aromatic carbocycles. The molecule has 5 aromatic rings. The molecule has 1 aliphatic rings. The molecule has 1 unspecified atom stereocenters. The number of nitrogens with two attached hydrogens (primary N) is 1. The van der Waals surface area contributed by atoms with Crippen molar-refractivity contribution in [1.82, 2.24) is 29.5 Å². The van der Waals surface area contributed by atoms with Crippen LogP contribution in [0.15, 0.2) is 97.6 Å². The third-order valence-corrected chi connectivity index (χ3v) is 12.2. The summed E-state index contributed by atoms with van der Waals surface area (Å²) in [4.78, 5) is 41.8. The highest BCUT2D eigenvalue weighted by molar-refractivity contribution is 7.57. The fraction of sp³-hybridized carbons (Fsp3) is 0.444. The van der Waals surface area contributed by atoms with Crippen molar-refractivity contribution < 1.29 is 32.9 Å². The summed E-state index contributed by atoms with van der Waals surface area (Å²) >= 11 is 0. The zero-order valence-corrected chi connectivity index (χ0v) is 35.9. The van der Waals surface area contributed by atoms with Crippen molar-refractivity contribution in [2.45, 2.75) is 116 Å². The average Bonchev–Trinajstić information content (AvgIpc) is 3.90. The molecule has 0 spiro atoms. The molecule has 1 saturated carbocycles. The lowest BCUT2D eigenvalue weighted by atomic mass is 10.0. The number of hydrogen-bond donors (Lipinski definition) is 2. The maximum atomic E-state index is 14.5. The number of nitrogens with one attached hydrogen (secondary N) is 1. The number of rotatable bonds is 22. The Morgan fingerprint density at radius 1 is 0.883 bits per heavy atom. The zero-order valence-electron chi connectivity index (χ0n) is 35.0. The fourth-order valence-electron chi connectivity index (χ4n) is 7.34. The number of carbonyl (C=O) groups is 2. The van der Waals surface area contributed by atoms with Crippen molar-refractivity contribution >= 4 is 36.4 Å². The monoisotopic (exact) mass is 839 g/mol. The van der Waals surface area contributed by atoms with E-state index in [9.17, 15) is 14.2 Å². The van der Waals surface area contributed by atoms with Crippen molar-refractivity contribution in [3.8, 4) is 5.75 Å². The molecule has 1 fully saturated rings. The summed E-state index contributed by atoms with van der Waals surface area (Å²) in [6.45, 7) is 8.49. The van der Waals surface area contributed by atoms with Crippen LogP contribution >= 0.6 is 7.52 Å². The summed E-state index contributed by atoms with van der Waals surface area (Å²) < 4.78 is 40.2. The van der Waals surface area contributed by atoms with E-state index in [-0.39, 0.29) is 30.3 Å². The van der Waals surface area contributed by atoms with Crippen LogP contribution in [-0.4, -0.2) is 79.6 Å². The van der Waals surface area contributed by atoms with E-state index >= 15 is 0 Å². The molecule has 4 atom stereocenters. The van der Waals surface area contributed by atoms with Crippen LogP contribution in [0.5, 0.6) is 5.75 Å². The van der Waals surface area contributed by atoms with Gasteiger partial charge in [-0.15, -0.1) is 0 Å². The number of aryl methyl sites for hydroxylation is 1. The number of benzene rings is 3. The topological polar surface area (TPSA) is 173 Å². The summed E-state index contributed by atoms with van der Waals surface area (Å²) in [5.74, 6) is -0.221. The first-order valence-electron chi connectivity index (χ1n) is 20.9. The van der Waals surface area contributed by atoms with Gasteiger partial charge in [0.2, 0.25) is 0 Å². The molecule has 6 rings (SSSR count). The molecule has 0 radical (unpaired) electrons. The number of hydrogen-bond acceptors (Lipinski definition) is 12. The van der Waals surface area contributed by atoms with E-state index in [1.54, 1.807) is 43.8 Å². The lowest BCUT2D eigenvalue weighted by molar-refractivity contribution is -0.155. The van der Waals surface area contributed by atoms with Gasteiger partial charge in [-0.2, -0.15) is 0 Å². The Hall–Kier alpha value is -5.14. The second kappa shape index (κ2) is 21.4. The van der Waals surface area contributed by atoms with Gasteiger partial charge >= 0.3 is 19.5 Å². The van der Waals surface area contributed by atoms with E-state index in [2.05, 4.69) is 49.2 Å². The third kappa shape index (κ3) is 12.9. The number of nitrogen functional groups attached to an aromatic ring is 1. The van der Waals surface area contributed by atoms with Crippen molar-refractivity contribution in [2.24, 2.45) is 0 Å². The first-order valence-corrected chi connectivity index (χ1v) is 22.7. The Balaban J connectivity index is 1.19. The molecule has 0 amide bonds. The maximum absolute atomic E-state index is 14.5. The summed E-state index contributed by atoms with van der Waals surface area (Å²) in [5, 5.41) is 2.87. The van der Waals surface area contributed by atoms with E-state index in [0.717, 1.165) is 49.7 Å². The van der Waals surface area contributed by atoms with Gasteiger partial charge in [0.25, 0.3) is 0 Å². The predicted molar refractivity (Wildman–Crippen MR) is 231 cm³/mol. The van der Waals surface area contributed by atoms with Gasteiger partial charge < -0.3 is 29.0 Å². The molecule has 0 saturated heterocycles. The molecule has 2 heterocycles. The number of carbonyl (C=O) groups excluding carboxylic acids is 2. The van der Waals surface area contributed by atoms with Crippen LogP contribution in [0.1, 0.15) is 76.5 Å². The van der Waals surface area contributed by atoms with Crippen molar-refractivity contribution in [3.05, 3.63) is 114 Å². The Morgan fingerprint density at radius 3 is 2.25 bits per heavy atom. The molecule has 15 heteroatoms. The number of imidazole rings is 1. The standard InChI is InChI=1S/C45H58N7O7P/c1-32(2)57-44(53)34(4)50-60(55,31-56-33(3)27-52-30-49-41-42(46)47-29-48-43(41)52)59-39-23-21-36(22-24-39)26-40(45(54)58-38-19-11-12-20-38)51(28-37-16-9-6-10-17-37)25-13-18-35-14-7-5-8-15-35/h5-10,14-17,21-24,29-30,32-34,38,40H,11-13,18-20,25-28,31H2,1-4H3,(H,50,55)(H2,46,47,48)/t33-,34+,40+,60?/m1/s1. The van der Waals surface area contributed by atoms with Gasteiger partial charge in [0.15, 0.2) is 11.5 Å². The molecule has 0 aliphatic heterocycles. The van der Waals surface area contributed by atoms with Crippen molar-refractivity contribution in [3.63, 3.8) is 0 Å². The minimum atomic E-state index is -3.89. The summed E-state index contributed by atoms with van der Waals surface area (Å²) in [6.07, 6.45) is 7.74. The summed E-state index contributed by atoms with van der Waals surface area (Å²) in [7, 11) is -3.89. The molecule has 2 aromatic heterocycles. The largest absolute Gasteiger partial charge is 0.462 e. The molecule has 320 valence electrons. The van der Waals surface area contributed by atoms with Crippen LogP contribution < -0.4 is 15.3 Å². The normalized spacial score (nSPS) is 15.8. The SMILES string of the molecule is CC(C)OC(=O)[C@H](C)NP(=O)(CO[C@H](C)Cn1cnc2c(N)ncnc21)Oc1ccc(C[C@@H](C(=O)OC2CCCC2)N(CCCc2ccccc2)Cc2ccccc2)cc1.